The number of benzene rings is 1. The molecule has 0 unspecified atom stereocenters. The first-order valence-electron chi connectivity index (χ1n) is 7.42. The number of nitrogens with zero attached hydrogens (tertiary/aromatic N) is 1. The van der Waals surface area contributed by atoms with Crippen LogP contribution in [0.3, 0.4) is 0 Å². The van der Waals surface area contributed by atoms with Crippen LogP contribution in [-0.2, 0) is 14.8 Å². The summed E-state index contributed by atoms with van der Waals surface area (Å²) < 4.78 is 36.8. The van der Waals surface area contributed by atoms with Gasteiger partial charge in [0.25, 0.3) is 15.9 Å². The van der Waals surface area contributed by atoms with Crippen molar-refractivity contribution in [2.45, 2.75) is 31.3 Å². The predicted octanol–water partition coefficient (Wildman–Crippen LogP) is 1.21. The second-order valence-electron chi connectivity index (χ2n) is 5.43. The van der Waals surface area contributed by atoms with Crippen LogP contribution in [-0.4, -0.2) is 31.5 Å². The van der Waals surface area contributed by atoms with Gasteiger partial charge in [-0.05, 0) is 31.5 Å². The van der Waals surface area contributed by atoms with Crippen LogP contribution in [0.4, 0.5) is 5.69 Å². The maximum Gasteiger partial charge on any atom is 0.303 e. The maximum atomic E-state index is 12.4. The van der Waals surface area contributed by atoms with Crippen molar-refractivity contribution < 1.29 is 27.3 Å². The molecule has 1 aliphatic rings. The Morgan fingerprint density at radius 1 is 1.36 bits per heavy atom. The lowest BCUT2D eigenvalue weighted by Gasteiger charge is -2.25. The summed E-state index contributed by atoms with van der Waals surface area (Å²) in [6.07, 6.45) is -0.137. The molecule has 2 amide bonds. The Kier molecular flexibility index (Phi) is 4.21. The van der Waals surface area contributed by atoms with Gasteiger partial charge in [0, 0.05) is 6.07 Å². The normalized spacial score (nSPS) is 16.6. The molecule has 1 aromatic carbocycles. The van der Waals surface area contributed by atoms with Gasteiger partial charge in [-0.15, -0.1) is 0 Å². The molecule has 132 valence electrons. The average molecular weight is 365 g/mol. The number of rotatable bonds is 4. The molecule has 0 radical (unpaired) electrons. The molecule has 0 bridgehead atoms. The summed E-state index contributed by atoms with van der Waals surface area (Å²) in [4.78, 5) is 23.6. The van der Waals surface area contributed by atoms with E-state index in [1.54, 1.807) is 13.8 Å². The molecular formula is C15H15N3O6S. The first-order valence-corrected chi connectivity index (χ1v) is 8.90. The van der Waals surface area contributed by atoms with Gasteiger partial charge in [0.1, 0.15) is 5.75 Å². The molecule has 25 heavy (non-hydrogen) atoms. The van der Waals surface area contributed by atoms with Crippen molar-refractivity contribution in [3.8, 4) is 5.75 Å². The van der Waals surface area contributed by atoms with Crippen LogP contribution in [0.5, 0.6) is 5.75 Å². The van der Waals surface area contributed by atoms with Gasteiger partial charge < -0.3 is 14.6 Å². The molecule has 0 saturated carbocycles. The van der Waals surface area contributed by atoms with E-state index in [1.807, 2.05) is 4.72 Å². The van der Waals surface area contributed by atoms with Crippen molar-refractivity contribution in [1.82, 2.24) is 9.88 Å². The Morgan fingerprint density at radius 3 is 2.76 bits per heavy atom. The highest BCUT2D eigenvalue weighted by Crippen LogP contribution is 2.32. The lowest BCUT2D eigenvalue weighted by molar-refractivity contribution is -0.123. The molecule has 0 saturated heterocycles. The molecule has 1 atom stereocenters. The standard InChI is InChI=1S/C15H15N3O6S/c1-3-11-14(19)16-10-7-9(4-5-12(10)23-11)25(21,22)18-15(20)13-6-8(2)17-24-13/h4-7,11H,3H2,1-2H3,(H,16,19)(H,18,20)/t11-/m1/s1. The zero-order valence-electron chi connectivity index (χ0n) is 13.4. The average Bonchev–Trinajstić information content (AvgIpc) is 3.00. The van der Waals surface area contributed by atoms with Crippen LogP contribution in [0, 0.1) is 6.92 Å². The topological polar surface area (TPSA) is 128 Å². The van der Waals surface area contributed by atoms with E-state index in [1.165, 1.54) is 24.3 Å². The van der Waals surface area contributed by atoms with E-state index in [2.05, 4.69) is 10.5 Å². The molecule has 1 aromatic heterocycles. The number of nitrogens with one attached hydrogen (secondary N) is 2. The molecule has 10 heteroatoms. The first kappa shape index (κ1) is 17.0. The van der Waals surface area contributed by atoms with Crippen LogP contribution in [0.2, 0.25) is 0 Å². The number of carbonyl (C=O) groups excluding carboxylic acids is 2. The number of hydrogen-bond donors (Lipinski definition) is 2. The molecule has 2 N–H and O–H groups in total. The summed E-state index contributed by atoms with van der Waals surface area (Å²) in [6, 6.07) is 5.25. The van der Waals surface area contributed by atoms with Crippen molar-refractivity contribution in [1.29, 1.82) is 0 Å². The van der Waals surface area contributed by atoms with Gasteiger partial charge in [0.15, 0.2) is 6.10 Å². The molecule has 2 heterocycles. The fourth-order valence-corrected chi connectivity index (χ4v) is 3.25. The molecule has 0 spiro atoms. The fraction of sp³-hybridized carbons (Fsp3) is 0.267. The number of anilines is 1. The zero-order chi connectivity index (χ0) is 18.2. The summed E-state index contributed by atoms with van der Waals surface area (Å²) in [6.45, 7) is 3.40. The monoisotopic (exact) mass is 365 g/mol. The van der Waals surface area contributed by atoms with Crippen LogP contribution >= 0.6 is 0 Å². The molecule has 0 aliphatic carbocycles. The number of amides is 2. The minimum atomic E-state index is -4.16. The Bertz CT molecular complexity index is 950. The summed E-state index contributed by atoms with van der Waals surface area (Å²) >= 11 is 0. The second kappa shape index (κ2) is 6.20. The molecule has 3 rings (SSSR count). The van der Waals surface area contributed by atoms with Crippen molar-refractivity contribution >= 4 is 27.5 Å². The summed E-state index contributed by atoms with van der Waals surface area (Å²) in [5.41, 5.74) is 0.669. The quantitative estimate of drug-likeness (QED) is 0.833. The molecule has 9 nitrogen and oxygen atoms in total. The number of carbonyl (C=O) groups is 2. The van der Waals surface area contributed by atoms with E-state index < -0.39 is 22.0 Å². The van der Waals surface area contributed by atoms with Gasteiger partial charge in [0.2, 0.25) is 5.76 Å². The largest absolute Gasteiger partial charge is 0.478 e. The minimum absolute atomic E-state index is 0.199. The van der Waals surface area contributed by atoms with Crippen LogP contribution < -0.4 is 14.8 Å². The Hall–Kier alpha value is -2.88. The lowest BCUT2D eigenvalue weighted by atomic mass is 10.2. The highest BCUT2D eigenvalue weighted by atomic mass is 32.2. The molecule has 0 fully saturated rings. The van der Waals surface area contributed by atoms with Gasteiger partial charge in [0.05, 0.1) is 16.3 Å². The lowest BCUT2D eigenvalue weighted by Crippen LogP contribution is -2.36. The van der Waals surface area contributed by atoms with Gasteiger partial charge in [-0.25, -0.2) is 13.1 Å². The zero-order valence-corrected chi connectivity index (χ0v) is 14.2. The summed E-state index contributed by atoms with van der Waals surface area (Å²) in [5, 5.41) is 6.12. The number of hydrogen-bond acceptors (Lipinski definition) is 7. The number of aromatic nitrogens is 1. The summed E-state index contributed by atoms with van der Waals surface area (Å²) in [5.74, 6) is -1.15. The van der Waals surface area contributed by atoms with Gasteiger partial charge in [-0.2, -0.15) is 0 Å². The van der Waals surface area contributed by atoms with E-state index in [0.717, 1.165) is 0 Å². The Morgan fingerprint density at radius 2 is 2.12 bits per heavy atom. The van der Waals surface area contributed by atoms with Crippen molar-refractivity contribution in [3.05, 3.63) is 35.7 Å². The highest BCUT2D eigenvalue weighted by Gasteiger charge is 2.28. The maximum absolute atomic E-state index is 12.4. The molecule has 2 aromatic rings. The van der Waals surface area contributed by atoms with Gasteiger partial charge >= 0.3 is 5.91 Å². The second-order valence-corrected chi connectivity index (χ2v) is 7.11. The highest BCUT2D eigenvalue weighted by molar-refractivity contribution is 7.90. The van der Waals surface area contributed by atoms with E-state index in [9.17, 15) is 18.0 Å². The van der Waals surface area contributed by atoms with E-state index in [-0.39, 0.29) is 22.3 Å². The van der Waals surface area contributed by atoms with Gasteiger partial charge in [-0.3, -0.25) is 9.59 Å². The molecule has 1 aliphatic heterocycles. The summed E-state index contributed by atoms with van der Waals surface area (Å²) in [7, 11) is -4.16. The molecular weight excluding hydrogens is 350 g/mol. The minimum Gasteiger partial charge on any atom is -0.478 e. The van der Waals surface area contributed by atoms with Crippen LogP contribution in [0.15, 0.2) is 33.7 Å². The van der Waals surface area contributed by atoms with Crippen molar-refractivity contribution in [3.63, 3.8) is 0 Å². The third-order valence-electron chi connectivity index (χ3n) is 3.53. The van der Waals surface area contributed by atoms with Crippen molar-refractivity contribution in [2.24, 2.45) is 0 Å². The van der Waals surface area contributed by atoms with Crippen LogP contribution in [0.1, 0.15) is 29.6 Å². The Balaban J connectivity index is 1.85. The van der Waals surface area contributed by atoms with E-state index in [4.69, 9.17) is 9.26 Å². The SMILES string of the molecule is CC[C@H]1Oc2ccc(S(=O)(=O)NC(=O)c3cc(C)no3)cc2NC1=O. The van der Waals surface area contributed by atoms with E-state index in [0.29, 0.717) is 17.9 Å². The Labute approximate surface area is 143 Å². The van der Waals surface area contributed by atoms with Crippen molar-refractivity contribution in [2.75, 3.05) is 5.32 Å². The van der Waals surface area contributed by atoms with E-state index >= 15 is 0 Å². The van der Waals surface area contributed by atoms with Crippen LogP contribution in [0.25, 0.3) is 0 Å². The third-order valence-corrected chi connectivity index (χ3v) is 4.86. The number of ether oxygens (including phenoxy) is 1. The third kappa shape index (κ3) is 3.33. The van der Waals surface area contributed by atoms with Gasteiger partial charge in [-0.1, -0.05) is 12.1 Å². The number of fused-ring (bicyclic) bond motifs is 1. The number of aryl methyl sites for hydroxylation is 1. The smallest absolute Gasteiger partial charge is 0.303 e. The predicted molar refractivity (Wildman–Crippen MR) is 85.7 cm³/mol. The first-order chi connectivity index (χ1) is 11.8. The fourth-order valence-electron chi connectivity index (χ4n) is 2.27. The number of sulfonamides is 1.